The summed E-state index contributed by atoms with van der Waals surface area (Å²) in [4.78, 5) is 12.5. The van der Waals surface area contributed by atoms with Gasteiger partial charge in [0.15, 0.2) is 0 Å². The molecule has 0 atom stereocenters. The van der Waals surface area contributed by atoms with Crippen LogP contribution in [0.5, 0.6) is 5.75 Å². The number of rotatable bonds is 5. The van der Waals surface area contributed by atoms with Crippen LogP contribution < -0.4 is 9.64 Å². The third-order valence-corrected chi connectivity index (χ3v) is 3.52. The predicted octanol–water partition coefficient (Wildman–Crippen LogP) is 3.33. The number of carbonyl (C=O) groups excluding carboxylic acids is 1. The second kappa shape index (κ2) is 6.39. The Hall–Kier alpha value is -2.36. The minimum absolute atomic E-state index is 0.252. The SMILES string of the molecule is COc1cc(Cc2cccc(F)c2)c(C)c(N(C)C=O)c1. The number of amides is 1. The van der Waals surface area contributed by atoms with Crippen LogP contribution in [0.1, 0.15) is 16.7 Å². The van der Waals surface area contributed by atoms with E-state index in [9.17, 15) is 9.18 Å². The first-order chi connectivity index (χ1) is 10.0. The first-order valence-electron chi connectivity index (χ1n) is 6.65. The highest BCUT2D eigenvalue weighted by molar-refractivity contribution is 5.77. The standard InChI is InChI=1S/C17H18FNO2/c1-12-14(7-13-5-4-6-15(18)8-13)9-16(21-3)10-17(12)19(2)11-20/h4-6,8-11H,7H2,1-3H3. The molecule has 0 bridgehead atoms. The third kappa shape index (κ3) is 3.40. The van der Waals surface area contributed by atoms with Gasteiger partial charge in [-0.25, -0.2) is 4.39 Å². The molecule has 0 saturated heterocycles. The normalized spacial score (nSPS) is 10.3. The second-order valence-corrected chi connectivity index (χ2v) is 4.95. The lowest BCUT2D eigenvalue weighted by atomic mass is 9.98. The number of hydrogen-bond donors (Lipinski definition) is 0. The van der Waals surface area contributed by atoms with Crippen LogP contribution in [-0.2, 0) is 11.2 Å². The summed E-state index contributed by atoms with van der Waals surface area (Å²) < 4.78 is 18.6. The van der Waals surface area contributed by atoms with E-state index in [2.05, 4.69) is 0 Å². The molecule has 110 valence electrons. The van der Waals surface area contributed by atoms with Crippen LogP contribution in [0.2, 0.25) is 0 Å². The van der Waals surface area contributed by atoms with E-state index in [1.165, 1.54) is 17.0 Å². The van der Waals surface area contributed by atoms with Gasteiger partial charge in [-0.2, -0.15) is 0 Å². The third-order valence-electron chi connectivity index (χ3n) is 3.52. The lowest BCUT2D eigenvalue weighted by Gasteiger charge is -2.19. The number of carbonyl (C=O) groups is 1. The number of methoxy groups -OCH3 is 1. The Morgan fingerprint density at radius 3 is 2.67 bits per heavy atom. The van der Waals surface area contributed by atoms with Crippen molar-refractivity contribution in [3.8, 4) is 5.75 Å². The van der Waals surface area contributed by atoms with Crippen molar-refractivity contribution in [2.75, 3.05) is 19.1 Å². The Bertz CT molecular complexity index is 655. The van der Waals surface area contributed by atoms with E-state index in [1.54, 1.807) is 20.2 Å². The van der Waals surface area contributed by atoms with Crippen LogP contribution in [0.3, 0.4) is 0 Å². The molecule has 0 aromatic heterocycles. The van der Waals surface area contributed by atoms with Gasteiger partial charge >= 0.3 is 0 Å². The highest BCUT2D eigenvalue weighted by Crippen LogP contribution is 2.29. The Kier molecular flexibility index (Phi) is 4.58. The van der Waals surface area contributed by atoms with Crippen molar-refractivity contribution < 1.29 is 13.9 Å². The monoisotopic (exact) mass is 287 g/mol. The van der Waals surface area contributed by atoms with Crippen molar-refractivity contribution in [2.45, 2.75) is 13.3 Å². The molecule has 0 spiro atoms. The first-order valence-corrected chi connectivity index (χ1v) is 6.65. The number of benzene rings is 2. The van der Waals surface area contributed by atoms with Gasteiger partial charge in [-0.1, -0.05) is 12.1 Å². The molecule has 0 radical (unpaired) electrons. The predicted molar refractivity (Wildman–Crippen MR) is 81.4 cm³/mol. The minimum atomic E-state index is -0.252. The number of ether oxygens (including phenoxy) is 1. The van der Waals surface area contributed by atoms with Crippen molar-refractivity contribution in [2.24, 2.45) is 0 Å². The summed E-state index contributed by atoms with van der Waals surface area (Å²) in [6, 6.07) is 10.3. The molecule has 21 heavy (non-hydrogen) atoms. The molecule has 3 nitrogen and oxygen atoms in total. The molecule has 0 aliphatic rings. The molecule has 0 saturated carbocycles. The average molecular weight is 287 g/mol. The van der Waals surface area contributed by atoms with Gasteiger partial charge in [0, 0.05) is 18.8 Å². The number of anilines is 1. The van der Waals surface area contributed by atoms with Crippen LogP contribution in [0.25, 0.3) is 0 Å². The molecule has 0 N–H and O–H groups in total. The average Bonchev–Trinajstić information content (AvgIpc) is 2.48. The molecule has 0 fully saturated rings. The molecule has 0 aliphatic heterocycles. The summed E-state index contributed by atoms with van der Waals surface area (Å²) in [5.74, 6) is 0.425. The number of halogens is 1. The zero-order valence-corrected chi connectivity index (χ0v) is 12.4. The molecule has 1 amide bonds. The largest absolute Gasteiger partial charge is 0.497 e. The quantitative estimate of drug-likeness (QED) is 0.789. The van der Waals surface area contributed by atoms with Crippen molar-refractivity contribution in [3.05, 3.63) is 58.9 Å². The summed E-state index contributed by atoms with van der Waals surface area (Å²) in [6.45, 7) is 1.95. The summed E-state index contributed by atoms with van der Waals surface area (Å²) in [5.41, 5.74) is 3.65. The van der Waals surface area contributed by atoms with Crippen LogP contribution >= 0.6 is 0 Å². The van der Waals surface area contributed by atoms with Gasteiger partial charge in [-0.3, -0.25) is 4.79 Å². The van der Waals surface area contributed by atoms with Gasteiger partial charge in [0.05, 0.1) is 7.11 Å². The Morgan fingerprint density at radius 2 is 2.05 bits per heavy atom. The van der Waals surface area contributed by atoms with Crippen LogP contribution in [0.4, 0.5) is 10.1 Å². The smallest absolute Gasteiger partial charge is 0.213 e. The molecule has 0 unspecified atom stereocenters. The minimum Gasteiger partial charge on any atom is -0.497 e. The van der Waals surface area contributed by atoms with Crippen LogP contribution in [-0.4, -0.2) is 20.6 Å². The summed E-state index contributed by atoms with van der Waals surface area (Å²) in [6.07, 6.45) is 1.34. The van der Waals surface area contributed by atoms with Crippen LogP contribution in [0.15, 0.2) is 36.4 Å². The fraction of sp³-hybridized carbons (Fsp3) is 0.235. The van der Waals surface area contributed by atoms with Gasteiger partial charge in [0.2, 0.25) is 6.41 Å². The van der Waals surface area contributed by atoms with E-state index in [0.717, 1.165) is 28.8 Å². The van der Waals surface area contributed by atoms with E-state index < -0.39 is 0 Å². The lowest BCUT2D eigenvalue weighted by Crippen LogP contribution is -2.16. The van der Waals surface area contributed by atoms with Gasteiger partial charge in [0.25, 0.3) is 0 Å². The Labute approximate surface area is 124 Å². The molecule has 0 aliphatic carbocycles. The van der Waals surface area contributed by atoms with Gasteiger partial charge < -0.3 is 9.64 Å². The van der Waals surface area contributed by atoms with Gasteiger partial charge in [0.1, 0.15) is 11.6 Å². The van der Waals surface area contributed by atoms with E-state index in [-0.39, 0.29) is 5.82 Å². The highest BCUT2D eigenvalue weighted by atomic mass is 19.1. The van der Waals surface area contributed by atoms with Crippen molar-refractivity contribution in [1.82, 2.24) is 0 Å². The van der Waals surface area contributed by atoms with Crippen molar-refractivity contribution in [3.63, 3.8) is 0 Å². The summed E-state index contributed by atoms with van der Waals surface area (Å²) in [7, 11) is 3.28. The van der Waals surface area contributed by atoms with Gasteiger partial charge in [-0.05, 0) is 48.2 Å². The molecular weight excluding hydrogens is 269 g/mol. The Morgan fingerprint density at radius 1 is 1.29 bits per heavy atom. The van der Waals surface area contributed by atoms with E-state index >= 15 is 0 Å². The Balaban J connectivity index is 2.44. The van der Waals surface area contributed by atoms with E-state index in [1.807, 2.05) is 25.1 Å². The maximum absolute atomic E-state index is 13.3. The molecule has 0 heterocycles. The molecule has 4 heteroatoms. The molecule has 2 aromatic rings. The molecule has 2 rings (SSSR count). The number of hydrogen-bond acceptors (Lipinski definition) is 2. The fourth-order valence-corrected chi connectivity index (χ4v) is 2.32. The van der Waals surface area contributed by atoms with Crippen LogP contribution in [0, 0.1) is 12.7 Å². The van der Waals surface area contributed by atoms with Crippen molar-refractivity contribution >= 4 is 12.1 Å². The maximum atomic E-state index is 13.3. The van der Waals surface area contributed by atoms with Crippen molar-refractivity contribution in [1.29, 1.82) is 0 Å². The topological polar surface area (TPSA) is 29.5 Å². The summed E-state index contributed by atoms with van der Waals surface area (Å²) in [5, 5.41) is 0. The fourth-order valence-electron chi connectivity index (χ4n) is 2.32. The maximum Gasteiger partial charge on any atom is 0.213 e. The van der Waals surface area contributed by atoms with Gasteiger partial charge in [-0.15, -0.1) is 0 Å². The zero-order chi connectivity index (χ0) is 15.4. The number of nitrogens with zero attached hydrogens (tertiary/aromatic N) is 1. The lowest BCUT2D eigenvalue weighted by molar-refractivity contribution is -0.107. The van der Waals surface area contributed by atoms with E-state index in [4.69, 9.17) is 4.74 Å². The summed E-state index contributed by atoms with van der Waals surface area (Å²) >= 11 is 0. The zero-order valence-electron chi connectivity index (χ0n) is 12.4. The van der Waals surface area contributed by atoms with E-state index in [0.29, 0.717) is 12.2 Å². The highest BCUT2D eigenvalue weighted by Gasteiger charge is 2.12. The molecular formula is C17H18FNO2. The second-order valence-electron chi connectivity index (χ2n) is 4.95. The molecule has 2 aromatic carbocycles. The first kappa shape index (κ1) is 15.0.